The first-order chi connectivity index (χ1) is 8.86. The largest absolute Gasteiger partial charge is 0.445 e. The summed E-state index contributed by atoms with van der Waals surface area (Å²) in [5, 5.41) is 0. The number of aryl methyl sites for hydroxylation is 1. The van der Waals surface area contributed by atoms with Crippen LogP contribution in [-0.4, -0.2) is 4.98 Å². The molecule has 0 saturated heterocycles. The van der Waals surface area contributed by atoms with Gasteiger partial charge in [-0.2, -0.15) is 0 Å². The maximum absolute atomic E-state index is 5.11. The van der Waals surface area contributed by atoms with Crippen LogP contribution >= 0.6 is 0 Å². The number of rotatable bonds is 1. The van der Waals surface area contributed by atoms with Gasteiger partial charge < -0.3 is 4.42 Å². The third-order valence-electron chi connectivity index (χ3n) is 2.39. The normalized spacial score (nSPS) is 9.39. The molecule has 90 valence electrons. The molecule has 0 fully saturated rings. The summed E-state index contributed by atoms with van der Waals surface area (Å²) in [6.07, 6.45) is 3.21. The number of hydrogen-bond donors (Lipinski definition) is 0. The Morgan fingerprint density at radius 3 is 1.89 bits per heavy atom. The minimum Gasteiger partial charge on any atom is -0.445 e. The van der Waals surface area contributed by atoms with Crippen LogP contribution in [0.15, 0.2) is 77.5 Å². The highest BCUT2D eigenvalue weighted by molar-refractivity contribution is 5.51. The molecule has 3 aromatic rings. The smallest absolute Gasteiger partial charge is 0.225 e. The van der Waals surface area contributed by atoms with Gasteiger partial charge in [-0.1, -0.05) is 54.1 Å². The Morgan fingerprint density at radius 1 is 0.833 bits per heavy atom. The lowest BCUT2D eigenvalue weighted by atomic mass is 10.2. The van der Waals surface area contributed by atoms with Crippen molar-refractivity contribution in [2.75, 3.05) is 0 Å². The Morgan fingerprint density at radius 2 is 1.44 bits per heavy atom. The molecule has 0 aliphatic rings. The molecule has 0 unspecified atom stereocenters. The van der Waals surface area contributed by atoms with Crippen LogP contribution in [0.25, 0.3) is 11.5 Å². The van der Waals surface area contributed by atoms with Gasteiger partial charge in [0, 0.05) is 5.56 Å². The quantitative estimate of drug-likeness (QED) is 0.629. The summed E-state index contributed by atoms with van der Waals surface area (Å²) >= 11 is 0. The van der Waals surface area contributed by atoms with Crippen LogP contribution in [-0.2, 0) is 0 Å². The second-order valence-electron chi connectivity index (χ2n) is 3.86. The Kier molecular flexibility index (Phi) is 4.31. The Bertz CT molecular complexity index is 544. The Labute approximate surface area is 107 Å². The van der Waals surface area contributed by atoms with Crippen molar-refractivity contribution in [2.24, 2.45) is 0 Å². The topological polar surface area (TPSA) is 26.0 Å². The average molecular weight is 237 g/mol. The van der Waals surface area contributed by atoms with Gasteiger partial charge in [-0.05, 0) is 19.1 Å². The van der Waals surface area contributed by atoms with Gasteiger partial charge in [-0.3, -0.25) is 0 Å². The minimum absolute atomic E-state index is 0.672. The monoisotopic (exact) mass is 237 g/mol. The highest BCUT2D eigenvalue weighted by Crippen LogP contribution is 2.14. The highest BCUT2D eigenvalue weighted by atomic mass is 16.3. The summed E-state index contributed by atoms with van der Waals surface area (Å²) < 4.78 is 5.11. The van der Waals surface area contributed by atoms with Crippen molar-refractivity contribution in [3.8, 4) is 11.5 Å². The van der Waals surface area contributed by atoms with Gasteiger partial charge in [0.25, 0.3) is 0 Å². The Balaban J connectivity index is 0.000000149. The average Bonchev–Trinajstić information content (AvgIpc) is 2.95. The summed E-state index contributed by atoms with van der Waals surface area (Å²) in [7, 11) is 0. The van der Waals surface area contributed by atoms with E-state index in [0.717, 1.165) is 5.56 Å². The number of benzene rings is 2. The fraction of sp³-hybridized carbons (Fsp3) is 0.0625. The van der Waals surface area contributed by atoms with Crippen LogP contribution in [0.1, 0.15) is 5.56 Å². The van der Waals surface area contributed by atoms with E-state index in [1.165, 1.54) is 5.56 Å². The van der Waals surface area contributed by atoms with E-state index in [2.05, 4.69) is 24.0 Å². The Hall–Kier alpha value is -2.35. The van der Waals surface area contributed by atoms with Crippen molar-refractivity contribution in [3.05, 3.63) is 78.7 Å². The first kappa shape index (κ1) is 12.1. The fourth-order valence-corrected chi connectivity index (χ4v) is 1.48. The van der Waals surface area contributed by atoms with Gasteiger partial charge >= 0.3 is 0 Å². The lowest BCUT2D eigenvalue weighted by Gasteiger charge is -1.91. The van der Waals surface area contributed by atoms with E-state index < -0.39 is 0 Å². The van der Waals surface area contributed by atoms with Crippen LogP contribution < -0.4 is 0 Å². The van der Waals surface area contributed by atoms with Crippen molar-refractivity contribution in [2.45, 2.75) is 6.92 Å². The van der Waals surface area contributed by atoms with Crippen molar-refractivity contribution in [1.82, 2.24) is 4.98 Å². The molecule has 0 radical (unpaired) electrons. The zero-order valence-corrected chi connectivity index (χ0v) is 10.3. The van der Waals surface area contributed by atoms with Crippen LogP contribution in [0.3, 0.4) is 0 Å². The van der Waals surface area contributed by atoms with Crippen LogP contribution in [0.5, 0.6) is 0 Å². The molecule has 0 aliphatic carbocycles. The van der Waals surface area contributed by atoms with E-state index in [9.17, 15) is 0 Å². The van der Waals surface area contributed by atoms with Gasteiger partial charge in [0.2, 0.25) is 5.89 Å². The van der Waals surface area contributed by atoms with Crippen molar-refractivity contribution >= 4 is 0 Å². The maximum Gasteiger partial charge on any atom is 0.225 e. The molecule has 3 rings (SSSR count). The second kappa shape index (κ2) is 6.40. The maximum atomic E-state index is 5.11. The summed E-state index contributed by atoms with van der Waals surface area (Å²) in [4.78, 5) is 4.02. The van der Waals surface area contributed by atoms with E-state index in [1.807, 2.05) is 48.5 Å². The number of aromatic nitrogens is 1. The van der Waals surface area contributed by atoms with Crippen LogP contribution in [0.4, 0.5) is 0 Å². The van der Waals surface area contributed by atoms with Gasteiger partial charge in [0.15, 0.2) is 0 Å². The third kappa shape index (κ3) is 3.59. The predicted octanol–water partition coefficient (Wildman–Crippen LogP) is 4.34. The molecule has 0 N–H and O–H groups in total. The van der Waals surface area contributed by atoms with Crippen molar-refractivity contribution in [3.63, 3.8) is 0 Å². The zero-order valence-electron chi connectivity index (χ0n) is 10.3. The summed E-state index contributed by atoms with van der Waals surface area (Å²) in [6, 6.07) is 20.1. The third-order valence-corrected chi connectivity index (χ3v) is 2.39. The number of nitrogens with zero attached hydrogens (tertiary/aromatic N) is 1. The fourth-order valence-electron chi connectivity index (χ4n) is 1.48. The predicted molar refractivity (Wildman–Crippen MR) is 73.1 cm³/mol. The van der Waals surface area contributed by atoms with E-state index >= 15 is 0 Å². The van der Waals surface area contributed by atoms with Gasteiger partial charge in [-0.15, -0.1) is 0 Å². The molecular weight excluding hydrogens is 222 g/mol. The van der Waals surface area contributed by atoms with Crippen LogP contribution in [0.2, 0.25) is 0 Å². The number of hydrogen-bond acceptors (Lipinski definition) is 2. The van der Waals surface area contributed by atoms with Gasteiger partial charge in [0.1, 0.15) is 6.26 Å². The lowest BCUT2D eigenvalue weighted by Crippen LogP contribution is -1.73. The molecule has 0 aliphatic heterocycles. The van der Waals surface area contributed by atoms with Crippen LogP contribution in [0, 0.1) is 6.92 Å². The molecule has 1 aromatic heterocycles. The van der Waals surface area contributed by atoms with Crippen molar-refractivity contribution < 1.29 is 4.42 Å². The van der Waals surface area contributed by atoms with Crippen molar-refractivity contribution in [1.29, 1.82) is 0 Å². The first-order valence-electron chi connectivity index (χ1n) is 5.83. The zero-order chi connectivity index (χ0) is 12.6. The van der Waals surface area contributed by atoms with E-state index in [1.54, 1.807) is 12.5 Å². The highest BCUT2D eigenvalue weighted by Gasteiger charge is 1.97. The van der Waals surface area contributed by atoms with E-state index in [0.29, 0.717) is 5.89 Å². The number of oxazole rings is 1. The summed E-state index contributed by atoms with van der Waals surface area (Å²) in [5.41, 5.74) is 2.33. The van der Waals surface area contributed by atoms with E-state index in [-0.39, 0.29) is 0 Å². The molecule has 0 saturated carbocycles. The summed E-state index contributed by atoms with van der Waals surface area (Å²) in [6.45, 7) is 2.08. The molecule has 0 spiro atoms. The molecule has 1 heterocycles. The first-order valence-corrected chi connectivity index (χ1v) is 5.83. The molecule has 2 aromatic carbocycles. The summed E-state index contributed by atoms with van der Waals surface area (Å²) in [5.74, 6) is 0.672. The molecule has 0 amide bonds. The standard InChI is InChI=1S/C9H7NO.C7H8/c1-2-4-8(5-3-1)9-10-6-7-11-9;1-7-5-3-2-4-6-7/h1-7H;2-6H,1H3. The molecule has 0 bridgehead atoms. The lowest BCUT2D eigenvalue weighted by molar-refractivity contribution is 0.574. The minimum atomic E-state index is 0.672. The van der Waals surface area contributed by atoms with Gasteiger partial charge in [0.05, 0.1) is 6.20 Å². The molecular formula is C16H15NO. The van der Waals surface area contributed by atoms with E-state index in [4.69, 9.17) is 4.42 Å². The second-order valence-corrected chi connectivity index (χ2v) is 3.86. The SMILES string of the molecule is Cc1ccccc1.c1ccc(-c2ncco2)cc1. The molecule has 2 nitrogen and oxygen atoms in total. The molecule has 0 atom stereocenters. The molecule has 18 heavy (non-hydrogen) atoms. The van der Waals surface area contributed by atoms with Gasteiger partial charge in [-0.25, -0.2) is 4.98 Å². The molecule has 2 heteroatoms.